The Hall–Kier alpha value is -3.41. The first-order chi connectivity index (χ1) is 10.0. The first-order valence-corrected chi connectivity index (χ1v) is 5.61. The number of carboxylic acids is 1. The van der Waals surface area contributed by atoms with Crippen LogP contribution in [0.5, 0.6) is 0 Å². The molecule has 9 nitrogen and oxygen atoms in total. The zero-order valence-corrected chi connectivity index (χ0v) is 10.4. The van der Waals surface area contributed by atoms with E-state index in [1.165, 1.54) is 12.1 Å². The summed E-state index contributed by atoms with van der Waals surface area (Å²) >= 11 is 0. The van der Waals surface area contributed by atoms with E-state index in [1.54, 1.807) is 6.07 Å². The lowest BCUT2D eigenvalue weighted by molar-refractivity contribution is -0.385. The first kappa shape index (κ1) is 14.0. The number of anilines is 1. The highest BCUT2D eigenvalue weighted by atomic mass is 16.6. The number of aromatic nitrogens is 1. The standard InChI is InChI=1S/C12H8N4O5/c13-4-7-3-8(16(19)20)5-14-11(7)15-6-9-1-2-10(21-9)12(17)18/h1-3,5H,6H2,(H,14,15)(H,17,18). The molecule has 2 N–H and O–H groups in total. The highest BCUT2D eigenvalue weighted by molar-refractivity contribution is 5.84. The van der Waals surface area contributed by atoms with Gasteiger partial charge in [0.05, 0.1) is 11.5 Å². The maximum absolute atomic E-state index is 10.7. The van der Waals surface area contributed by atoms with Gasteiger partial charge in [-0.25, -0.2) is 9.78 Å². The summed E-state index contributed by atoms with van der Waals surface area (Å²) in [5.41, 5.74) is -0.280. The Morgan fingerprint density at radius 2 is 2.33 bits per heavy atom. The molecule has 106 valence electrons. The zero-order chi connectivity index (χ0) is 15.4. The number of hydrogen-bond donors (Lipinski definition) is 2. The molecule has 0 aliphatic carbocycles. The molecule has 0 saturated carbocycles. The monoisotopic (exact) mass is 288 g/mol. The second-order valence-corrected chi connectivity index (χ2v) is 3.88. The van der Waals surface area contributed by atoms with Crippen molar-refractivity contribution < 1.29 is 19.2 Å². The fourth-order valence-corrected chi connectivity index (χ4v) is 1.54. The zero-order valence-electron chi connectivity index (χ0n) is 10.4. The van der Waals surface area contributed by atoms with E-state index in [0.717, 1.165) is 12.3 Å². The van der Waals surface area contributed by atoms with Crippen molar-refractivity contribution in [1.29, 1.82) is 5.26 Å². The van der Waals surface area contributed by atoms with Gasteiger partial charge >= 0.3 is 5.97 Å². The van der Waals surface area contributed by atoms with Gasteiger partial charge in [-0.1, -0.05) is 0 Å². The van der Waals surface area contributed by atoms with Crippen LogP contribution in [-0.4, -0.2) is 21.0 Å². The van der Waals surface area contributed by atoms with Gasteiger partial charge in [-0.2, -0.15) is 5.26 Å². The van der Waals surface area contributed by atoms with Gasteiger partial charge in [0.15, 0.2) is 0 Å². The average Bonchev–Trinajstić information content (AvgIpc) is 2.93. The fourth-order valence-electron chi connectivity index (χ4n) is 1.54. The molecular weight excluding hydrogens is 280 g/mol. The van der Waals surface area contributed by atoms with E-state index >= 15 is 0 Å². The third-order valence-corrected chi connectivity index (χ3v) is 2.51. The number of nitro groups is 1. The summed E-state index contributed by atoms with van der Waals surface area (Å²) in [4.78, 5) is 24.4. The molecule has 21 heavy (non-hydrogen) atoms. The van der Waals surface area contributed by atoms with Gasteiger partial charge in [0.2, 0.25) is 5.76 Å². The van der Waals surface area contributed by atoms with Crippen molar-refractivity contribution >= 4 is 17.5 Å². The van der Waals surface area contributed by atoms with E-state index in [-0.39, 0.29) is 29.4 Å². The number of nitrogens with one attached hydrogen (secondary N) is 1. The van der Waals surface area contributed by atoms with Gasteiger partial charge in [-0.15, -0.1) is 0 Å². The number of hydrogen-bond acceptors (Lipinski definition) is 7. The largest absolute Gasteiger partial charge is 0.475 e. The number of carbonyl (C=O) groups is 1. The molecule has 0 saturated heterocycles. The van der Waals surface area contributed by atoms with Crippen LogP contribution < -0.4 is 5.32 Å². The summed E-state index contributed by atoms with van der Waals surface area (Å²) < 4.78 is 5.02. The van der Waals surface area contributed by atoms with Crippen LogP contribution in [-0.2, 0) is 6.54 Å². The molecule has 0 aromatic carbocycles. The predicted molar refractivity (Wildman–Crippen MR) is 68.6 cm³/mol. The molecule has 2 rings (SSSR count). The van der Waals surface area contributed by atoms with Crippen molar-refractivity contribution in [2.75, 3.05) is 5.32 Å². The lowest BCUT2D eigenvalue weighted by Gasteiger charge is -2.04. The normalized spacial score (nSPS) is 9.86. The highest BCUT2D eigenvalue weighted by Gasteiger charge is 2.13. The maximum Gasteiger partial charge on any atom is 0.371 e. The van der Waals surface area contributed by atoms with Crippen LogP contribution in [0.1, 0.15) is 21.9 Å². The lowest BCUT2D eigenvalue weighted by atomic mass is 10.2. The first-order valence-electron chi connectivity index (χ1n) is 5.61. The van der Waals surface area contributed by atoms with E-state index in [9.17, 15) is 14.9 Å². The number of nitrogens with zero attached hydrogens (tertiary/aromatic N) is 3. The van der Waals surface area contributed by atoms with Crippen LogP contribution in [0.15, 0.2) is 28.8 Å². The number of carboxylic acid groups (broad SMARTS) is 1. The minimum atomic E-state index is -1.19. The number of rotatable bonds is 5. The summed E-state index contributed by atoms with van der Waals surface area (Å²) in [6.07, 6.45) is 1.02. The molecule has 0 radical (unpaired) electrons. The molecule has 2 heterocycles. The molecular formula is C12H8N4O5. The van der Waals surface area contributed by atoms with Crippen LogP contribution in [0.25, 0.3) is 0 Å². The van der Waals surface area contributed by atoms with Gasteiger partial charge in [-0.3, -0.25) is 10.1 Å². The van der Waals surface area contributed by atoms with Crippen LogP contribution in [0.2, 0.25) is 0 Å². The molecule has 0 aliphatic rings. The van der Waals surface area contributed by atoms with E-state index in [4.69, 9.17) is 14.8 Å². The van der Waals surface area contributed by atoms with Crippen LogP contribution in [0.4, 0.5) is 11.5 Å². The molecule has 0 atom stereocenters. The van der Waals surface area contributed by atoms with Gasteiger partial charge < -0.3 is 14.8 Å². The van der Waals surface area contributed by atoms with Crippen molar-refractivity contribution in [2.45, 2.75) is 6.54 Å². The molecule has 0 unspecified atom stereocenters. The topological polar surface area (TPSA) is 142 Å². The Morgan fingerprint density at radius 3 is 2.90 bits per heavy atom. The molecule has 0 aliphatic heterocycles. The number of pyridine rings is 1. The molecule has 2 aromatic rings. The van der Waals surface area contributed by atoms with Gasteiger partial charge in [-0.05, 0) is 12.1 Å². The Morgan fingerprint density at radius 1 is 1.57 bits per heavy atom. The smallest absolute Gasteiger partial charge is 0.371 e. The summed E-state index contributed by atoms with van der Waals surface area (Å²) in [6, 6.07) is 5.66. The van der Waals surface area contributed by atoms with Crippen molar-refractivity contribution in [1.82, 2.24) is 4.98 Å². The summed E-state index contributed by atoms with van der Waals surface area (Å²) in [5, 5.41) is 31.0. The molecule has 0 bridgehead atoms. The molecule has 0 spiro atoms. The predicted octanol–water partition coefficient (Wildman–Crippen LogP) is 1.76. The minimum Gasteiger partial charge on any atom is -0.475 e. The third kappa shape index (κ3) is 3.13. The van der Waals surface area contributed by atoms with E-state index < -0.39 is 10.9 Å². The molecule has 0 fully saturated rings. The lowest BCUT2D eigenvalue weighted by Crippen LogP contribution is -2.03. The second-order valence-electron chi connectivity index (χ2n) is 3.88. The fraction of sp³-hybridized carbons (Fsp3) is 0.0833. The van der Waals surface area contributed by atoms with E-state index in [2.05, 4.69) is 10.3 Å². The van der Waals surface area contributed by atoms with Crippen molar-refractivity contribution in [3.05, 3.63) is 51.6 Å². The van der Waals surface area contributed by atoms with Gasteiger partial charge in [0.25, 0.3) is 5.69 Å². The summed E-state index contributed by atoms with van der Waals surface area (Å²) in [6.45, 7) is 0.0901. The molecule has 9 heteroatoms. The van der Waals surface area contributed by atoms with Crippen molar-refractivity contribution in [3.63, 3.8) is 0 Å². The minimum absolute atomic E-state index is 0.00853. The highest BCUT2D eigenvalue weighted by Crippen LogP contribution is 2.19. The number of furan rings is 1. The Balaban J connectivity index is 2.14. The summed E-state index contributed by atoms with van der Waals surface area (Å²) in [5.74, 6) is -0.913. The molecule has 2 aromatic heterocycles. The third-order valence-electron chi connectivity index (χ3n) is 2.51. The Kier molecular flexibility index (Phi) is 3.80. The Labute approximate surface area is 117 Å². The van der Waals surface area contributed by atoms with Gasteiger partial charge in [0, 0.05) is 6.07 Å². The number of aromatic carboxylic acids is 1. The number of nitriles is 1. The Bertz CT molecular complexity index is 746. The average molecular weight is 288 g/mol. The van der Waals surface area contributed by atoms with Gasteiger partial charge in [0.1, 0.15) is 29.4 Å². The van der Waals surface area contributed by atoms with Crippen molar-refractivity contribution in [2.24, 2.45) is 0 Å². The van der Waals surface area contributed by atoms with Crippen LogP contribution in [0.3, 0.4) is 0 Å². The van der Waals surface area contributed by atoms with Crippen molar-refractivity contribution in [3.8, 4) is 6.07 Å². The maximum atomic E-state index is 10.7. The summed E-state index contributed by atoms with van der Waals surface area (Å²) in [7, 11) is 0. The van der Waals surface area contributed by atoms with Crippen LogP contribution >= 0.6 is 0 Å². The second kappa shape index (κ2) is 5.70. The van der Waals surface area contributed by atoms with E-state index in [0.29, 0.717) is 5.76 Å². The quantitative estimate of drug-likeness (QED) is 0.625. The SMILES string of the molecule is N#Cc1cc([N+](=O)[O-])cnc1NCc1ccc(C(=O)O)o1. The van der Waals surface area contributed by atoms with E-state index in [1.807, 2.05) is 0 Å². The molecule has 0 amide bonds. The van der Waals surface area contributed by atoms with Crippen LogP contribution in [0, 0.1) is 21.4 Å².